The van der Waals surface area contributed by atoms with Crippen molar-refractivity contribution in [1.29, 1.82) is 5.41 Å². The van der Waals surface area contributed by atoms with Crippen LogP contribution in [0.1, 0.15) is 12.8 Å². The predicted octanol–water partition coefficient (Wildman–Crippen LogP) is 0.155. The molecule has 0 amide bonds. The molecule has 0 saturated heterocycles. The monoisotopic (exact) mass is 212 g/mol. The highest BCUT2D eigenvalue weighted by atomic mass is 16.1. The maximum Gasteiger partial charge on any atom is 0.145 e. The zero-order valence-electron chi connectivity index (χ0n) is 9.63. The smallest absolute Gasteiger partial charge is 0.145 e. The summed E-state index contributed by atoms with van der Waals surface area (Å²) in [7, 11) is 5.40. The quantitative estimate of drug-likeness (QED) is 0.243. The Morgan fingerprint density at radius 1 is 1.47 bits per heavy atom. The van der Waals surface area contributed by atoms with E-state index < -0.39 is 0 Å². The van der Waals surface area contributed by atoms with E-state index in [9.17, 15) is 4.79 Å². The van der Waals surface area contributed by atoms with Crippen molar-refractivity contribution in [3.8, 4) is 0 Å². The van der Waals surface area contributed by atoms with E-state index in [1.54, 1.807) is 20.3 Å². The van der Waals surface area contributed by atoms with E-state index in [4.69, 9.17) is 5.41 Å². The molecule has 0 aliphatic carbocycles. The fourth-order valence-electron chi connectivity index (χ4n) is 1.13. The van der Waals surface area contributed by atoms with Crippen LogP contribution < -0.4 is 10.6 Å². The summed E-state index contributed by atoms with van der Waals surface area (Å²) in [4.78, 5) is 12.0. The molecule has 0 radical (unpaired) electrons. The van der Waals surface area contributed by atoms with E-state index in [1.807, 2.05) is 11.9 Å². The van der Waals surface area contributed by atoms with E-state index in [2.05, 4.69) is 10.6 Å². The van der Waals surface area contributed by atoms with Crippen molar-refractivity contribution in [2.75, 3.05) is 27.7 Å². The van der Waals surface area contributed by atoms with E-state index >= 15 is 0 Å². The largest absolute Gasteiger partial charge is 0.392 e. The number of aldehydes is 1. The van der Waals surface area contributed by atoms with Crippen LogP contribution in [0.2, 0.25) is 0 Å². The summed E-state index contributed by atoms with van der Waals surface area (Å²) in [6.07, 6.45) is 3.96. The molecule has 0 saturated carbocycles. The van der Waals surface area contributed by atoms with Crippen LogP contribution in [0.15, 0.2) is 11.9 Å². The molecule has 15 heavy (non-hydrogen) atoms. The highest BCUT2D eigenvalue weighted by Crippen LogP contribution is 1.98. The third-order valence-corrected chi connectivity index (χ3v) is 2.01. The summed E-state index contributed by atoms with van der Waals surface area (Å²) < 4.78 is 0. The van der Waals surface area contributed by atoms with Crippen LogP contribution >= 0.6 is 0 Å². The average molecular weight is 212 g/mol. The summed E-state index contributed by atoms with van der Waals surface area (Å²) in [6.45, 7) is 0.709. The van der Waals surface area contributed by atoms with Crippen molar-refractivity contribution in [2.45, 2.75) is 12.8 Å². The summed E-state index contributed by atoms with van der Waals surface area (Å²) in [5.74, 6) is 0.415. The Bertz CT molecular complexity index is 238. The van der Waals surface area contributed by atoms with Crippen LogP contribution in [0.25, 0.3) is 0 Å². The van der Waals surface area contributed by atoms with Crippen LogP contribution in [0.5, 0.6) is 0 Å². The molecule has 5 heteroatoms. The van der Waals surface area contributed by atoms with Crippen LogP contribution in [-0.4, -0.2) is 44.7 Å². The Morgan fingerprint density at radius 3 is 2.60 bits per heavy atom. The average Bonchev–Trinajstić information content (AvgIpc) is 2.25. The Balaban J connectivity index is 4.16. The number of unbranched alkanes of at least 4 members (excludes halogenated alkanes) is 1. The second-order valence-electron chi connectivity index (χ2n) is 3.18. The molecule has 0 heterocycles. The lowest BCUT2D eigenvalue weighted by atomic mass is 10.3. The molecular weight excluding hydrogens is 192 g/mol. The first-order chi connectivity index (χ1) is 7.17. The Kier molecular flexibility index (Phi) is 7.05. The molecule has 0 rings (SSSR count). The Morgan fingerprint density at radius 2 is 2.13 bits per heavy atom. The van der Waals surface area contributed by atoms with Gasteiger partial charge in [0.2, 0.25) is 0 Å². The van der Waals surface area contributed by atoms with E-state index in [-0.39, 0.29) is 0 Å². The number of likely N-dealkylation sites (N-methyl/N-ethyl adjacent to an activating group) is 2. The molecule has 0 aliphatic heterocycles. The third-order valence-electron chi connectivity index (χ3n) is 2.01. The third kappa shape index (κ3) is 5.05. The molecule has 0 aliphatic rings. The molecule has 0 fully saturated rings. The number of rotatable bonds is 7. The van der Waals surface area contributed by atoms with Crippen LogP contribution in [0.3, 0.4) is 0 Å². The van der Waals surface area contributed by atoms with Gasteiger partial charge in [-0.15, -0.1) is 0 Å². The lowest BCUT2D eigenvalue weighted by Gasteiger charge is -2.21. The van der Waals surface area contributed by atoms with Gasteiger partial charge in [-0.1, -0.05) is 0 Å². The van der Waals surface area contributed by atoms with Gasteiger partial charge >= 0.3 is 0 Å². The lowest BCUT2D eigenvalue weighted by Crippen LogP contribution is -2.33. The number of hydrogen-bond acceptors (Lipinski definition) is 4. The van der Waals surface area contributed by atoms with Crippen LogP contribution in [0.4, 0.5) is 0 Å². The number of carbonyl (C=O) groups excluding carboxylic acids is 1. The fourth-order valence-corrected chi connectivity index (χ4v) is 1.13. The number of hydrogen-bond donors (Lipinski definition) is 3. The van der Waals surface area contributed by atoms with Crippen molar-refractivity contribution < 1.29 is 4.79 Å². The van der Waals surface area contributed by atoms with Crippen LogP contribution in [0, 0.1) is 5.41 Å². The number of amidine groups is 1. The van der Waals surface area contributed by atoms with Crippen LogP contribution in [-0.2, 0) is 4.79 Å². The van der Waals surface area contributed by atoms with E-state index in [0.29, 0.717) is 18.8 Å². The standard InChI is InChI=1S/C10H20N4O/c1-12-8-9(13-2)10(11)14(3)6-4-5-7-15/h7-8,11-13H,4-6H2,1-3H3/b9-8+,11-10?. The Hall–Kier alpha value is -1.52. The van der Waals surface area contributed by atoms with Gasteiger partial charge in [0, 0.05) is 40.3 Å². The second kappa shape index (κ2) is 7.84. The molecule has 0 unspecified atom stereocenters. The Labute approximate surface area is 91.0 Å². The minimum absolute atomic E-state index is 0.415. The van der Waals surface area contributed by atoms with E-state index in [1.165, 1.54) is 0 Å². The van der Waals surface area contributed by atoms with Gasteiger partial charge in [-0.3, -0.25) is 5.41 Å². The molecule has 0 spiro atoms. The summed E-state index contributed by atoms with van der Waals surface area (Å²) >= 11 is 0. The number of nitrogens with one attached hydrogen (secondary N) is 3. The van der Waals surface area contributed by atoms with Gasteiger partial charge in [-0.05, 0) is 6.42 Å². The van der Waals surface area contributed by atoms with Crippen molar-refractivity contribution in [3.05, 3.63) is 11.9 Å². The zero-order valence-corrected chi connectivity index (χ0v) is 9.63. The van der Waals surface area contributed by atoms with Gasteiger partial charge < -0.3 is 20.3 Å². The normalized spacial score (nSPS) is 10.7. The molecule has 86 valence electrons. The molecule has 0 bridgehead atoms. The first kappa shape index (κ1) is 13.5. The van der Waals surface area contributed by atoms with Gasteiger partial charge in [0.25, 0.3) is 0 Å². The highest BCUT2D eigenvalue weighted by molar-refractivity contribution is 5.94. The van der Waals surface area contributed by atoms with Gasteiger partial charge in [-0.25, -0.2) is 0 Å². The van der Waals surface area contributed by atoms with Crippen molar-refractivity contribution in [1.82, 2.24) is 15.5 Å². The molecule has 0 aromatic rings. The van der Waals surface area contributed by atoms with Gasteiger partial charge in [0.1, 0.15) is 12.1 Å². The van der Waals surface area contributed by atoms with E-state index in [0.717, 1.165) is 18.4 Å². The summed E-state index contributed by atoms with van der Waals surface area (Å²) in [5.41, 5.74) is 0.728. The topological polar surface area (TPSA) is 68.2 Å². The summed E-state index contributed by atoms with van der Waals surface area (Å²) in [5, 5.41) is 13.7. The highest BCUT2D eigenvalue weighted by Gasteiger charge is 2.08. The molecule has 0 atom stereocenters. The van der Waals surface area contributed by atoms with Crippen molar-refractivity contribution >= 4 is 12.1 Å². The van der Waals surface area contributed by atoms with Crippen molar-refractivity contribution in [2.24, 2.45) is 0 Å². The number of nitrogens with zero attached hydrogens (tertiary/aromatic N) is 1. The maximum absolute atomic E-state index is 10.1. The van der Waals surface area contributed by atoms with Gasteiger partial charge in [0.05, 0.1) is 5.70 Å². The zero-order chi connectivity index (χ0) is 11.7. The molecule has 5 nitrogen and oxygen atoms in total. The minimum atomic E-state index is 0.415. The molecule has 3 N–H and O–H groups in total. The number of carbonyl (C=O) groups is 1. The fraction of sp³-hybridized carbons (Fsp3) is 0.600. The second-order valence-corrected chi connectivity index (χ2v) is 3.18. The first-order valence-corrected chi connectivity index (χ1v) is 4.96. The summed E-state index contributed by atoms with van der Waals surface area (Å²) in [6, 6.07) is 0. The molecular formula is C10H20N4O. The first-order valence-electron chi connectivity index (χ1n) is 4.96. The maximum atomic E-state index is 10.1. The van der Waals surface area contributed by atoms with Gasteiger partial charge in [0.15, 0.2) is 0 Å². The lowest BCUT2D eigenvalue weighted by molar-refractivity contribution is -0.107. The molecule has 0 aromatic carbocycles. The van der Waals surface area contributed by atoms with Crippen molar-refractivity contribution in [3.63, 3.8) is 0 Å². The SMILES string of the molecule is CN/C=C(/NC)C(=N)N(C)CCCC=O. The predicted molar refractivity (Wildman–Crippen MR) is 61.9 cm³/mol. The van der Waals surface area contributed by atoms with Gasteiger partial charge in [-0.2, -0.15) is 0 Å². The minimum Gasteiger partial charge on any atom is -0.392 e. The molecule has 0 aromatic heterocycles.